The van der Waals surface area contributed by atoms with Crippen molar-refractivity contribution in [3.8, 4) is 0 Å². The van der Waals surface area contributed by atoms with Crippen LogP contribution in [0, 0.1) is 5.92 Å². The molecule has 0 aliphatic carbocycles. The second kappa shape index (κ2) is 4.16. The summed E-state index contributed by atoms with van der Waals surface area (Å²) >= 11 is 0. The summed E-state index contributed by atoms with van der Waals surface area (Å²) in [4.78, 5) is 0. The summed E-state index contributed by atoms with van der Waals surface area (Å²) < 4.78 is 5.04. The van der Waals surface area contributed by atoms with Gasteiger partial charge in [0.15, 0.2) is 0 Å². The molecule has 5 unspecified atom stereocenters. The molecule has 2 rings (SSSR count). The number of fused-ring (bicyclic) bond motifs is 1. The van der Waals surface area contributed by atoms with Crippen LogP contribution in [0.25, 0.3) is 0 Å². The van der Waals surface area contributed by atoms with Gasteiger partial charge in [-0.25, -0.2) is 0 Å². The van der Waals surface area contributed by atoms with Gasteiger partial charge in [0, 0.05) is 25.7 Å². The molecule has 2 saturated heterocycles. The fraction of sp³-hybridized carbons (Fsp3) is 1.00. The highest BCUT2D eigenvalue weighted by molar-refractivity contribution is 8.01. The summed E-state index contributed by atoms with van der Waals surface area (Å²) in [6.07, 6.45) is 2.85. The maximum absolute atomic E-state index is 2.88. The SMILES string of the molecule is PPN1CCCC2CN(P)CC21. The monoisotopic (exact) mass is 222 g/mol. The van der Waals surface area contributed by atoms with E-state index in [4.69, 9.17) is 0 Å². The van der Waals surface area contributed by atoms with Gasteiger partial charge in [-0.3, -0.25) is 9.34 Å². The lowest BCUT2D eigenvalue weighted by atomic mass is 9.94. The first-order valence-electron chi connectivity index (χ1n) is 4.54. The Morgan fingerprint density at radius 2 is 2.17 bits per heavy atom. The van der Waals surface area contributed by atoms with E-state index >= 15 is 0 Å². The Kier molecular flexibility index (Phi) is 3.38. The first-order chi connectivity index (χ1) is 5.81. The van der Waals surface area contributed by atoms with E-state index in [1.54, 1.807) is 0 Å². The Labute approximate surface area is 81.0 Å². The molecule has 12 heavy (non-hydrogen) atoms. The molecule has 0 spiro atoms. The minimum absolute atomic E-state index is 0.854. The topological polar surface area (TPSA) is 6.48 Å². The molecule has 0 amide bonds. The minimum atomic E-state index is 0.854. The van der Waals surface area contributed by atoms with E-state index in [-0.39, 0.29) is 0 Å². The number of hydrogen-bond donors (Lipinski definition) is 0. The van der Waals surface area contributed by atoms with Crippen LogP contribution >= 0.6 is 26.7 Å². The predicted molar refractivity (Wildman–Crippen MR) is 62.5 cm³/mol. The van der Waals surface area contributed by atoms with Gasteiger partial charge >= 0.3 is 0 Å². The molecule has 2 fully saturated rings. The molecule has 0 aromatic carbocycles. The first kappa shape index (κ1) is 9.75. The van der Waals surface area contributed by atoms with E-state index in [0.29, 0.717) is 0 Å². The Hall–Kier alpha value is 1.21. The van der Waals surface area contributed by atoms with Gasteiger partial charge in [-0.2, -0.15) is 0 Å². The molecule has 70 valence electrons. The summed E-state index contributed by atoms with van der Waals surface area (Å²) in [6, 6.07) is 0.854. The first-order valence-corrected chi connectivity index (χ1v) is 7.81. The van der Waals surface area contributed by atoms with E-state index in [2.05, 4.69) is 27.7 Å². The van der Waals surface area contributed by atoms with Crippen molar-refractivity contribution in [1.29, 1.82) is 0 Å². The van der Waals surface area contributed by atoms with Crippen LogP contribution < -0.4 is 0 Å². The van der Waals surface area contributed by atoms with Gasteiger partial charge in [-0.05, 0) is 27.2 Å². The average Bonchev–Trinajstić information content (AvgIpc) is 2.44. The van der Waals surface area contributed by atoms with Crippen LogP contribution in [0.2, 0.25) is 0 Å². The molecule has 5 atom stereocenters. The third-order valence-corrected chi connectivity index (χ3v) is 5.28. The molecule has 2 aliphatic heterocycles. The van der Waals surface area contributed by atoms with Crippen molar-refractivity contribution in [3.05, 3.63) is 0 Å². The van der Waals surface area contributed by atoms with Crippen LogP contribution in [0.4, 0.5) is 0 Å². The Morgan fingerprint density at radius 3 is 2.92 bits per heavy atom. The van der Waals surface area contributed by atoms with Crippen LogP contribution in [-0.2, 0) is 0 Å². The van der Waals surface area contributed by atoms with E-state index in [1.165, 1.54) is 32.5 Å². The number of nitrogens with zero attached hydrogens (tertiary/aromatic N) is 2. The van der Waals surface area contributed by atoms with Crippen molar-refractivity contribution in [2.75, 3.05) is 19.6 Å². The second-order valence-corrected chi connectivity index (χ2v) is 6.08. The van der Waals surface area contributed by atoms with Crippen LogP contribution in [0.15, 0.2) is 0 Å². The normalized spacial score (nSPS) is 39.5. The van der Waals surface area contributed by atoms with Gasteiger partial charge in [-0.15, -0.1) is 0 Å². The van der Waals surface area contributed by atoms with Gasteiger partial charge in [0.25, 0.3) is 0 Å². The zero-order chi connectivity index (χ0) is 8.55. The zero-order valence-electron chi connectivity index (χ0n) is 7.24. The number of hydrogen-bond acceptors (Lipinski definition) is 2. The maximum atomic E-state index is 2.88. The van der Waals surface area contributed by atoms with Crippen molar-refractivity contribution in [2.24, 2.45) is 5.92 Å². The number of piperidine rings is 1. The Balaban J connectivity index is 2.02. The largest absolute Gasteiger partial charge is 0.285 e. The van der Waals surface area contributed by atoms with Crippen molar-refractivity contribution in [1.82, 2.24) is 9.34 Å². The highest BCUT2D eigenvalue weighted by Gasteiger charge is 2.36. The van der Waals surface area contributed by atoms with Crippen molar-refractivity contribution in [2.45, 2.75) is 18.9 Å². The molecule has 2 nitrogen and oxygen atoms in total. The Bertz CT molecular complexity index is 161. The van der Waals surface area contributed by atoms with Gasteiger partial charge in [-0.1, -0.05) is 18.3 Å². The van der Waals surface area contributed by atoms with Gasteiger partial charge in [0.2, 0.25) is 0 Å². The molecule has 2 aliphatic rings. The molecule has 0 radical (unpaired) electrons. The van der Waals surface area contributed by atoms with Crippen molar-refractivity contribution >= 4 is 26.7 Å². The molecule has 0 N–H and O–H groups in total. The number of rotatable bonds is 1. The smallest absolute Gasteiger partial charge is 0.0306 e. The van der Waals surface area contributed by atoms with Crippen LogP contribution in [0.5, 0.6) is 0 Å². The molecule has 0 bridgehead atoms. The highest BCUT2D eigenvalue weighted by atomic mass is 32.0. The highest BCUT2D eigenvalue weighted by Crippen LogP contribution is 2.40. The van der Waals surface area contributed by atoms with Gasteiger partial charge in [0.05, 0.1) is 0 Å². The maximum Gasteiger partial charge on any atom is 0.0306 e. The zero-order valence-corrected chi connectivity index (χ0v) is 10.5. The van der Waals surface area contributed by atoms with Crippen LogP contribution in [-0.4, -0.2) is 35.0 Å². The molecule has 0 saturated carbocycles. The average molecular weight is 222 g/mol. The minimum Gasteiger partial charge on any atom is -0.285 e. The lowest BCUT2D eigenvalue weighted by Gasteiger charge is -2.35. The van der Waals surface area contributed by atoms with E-state index in [1.807, 2.05) is 0 Å². The summed E-state index contributed by atoms with van der Waals surface area (Å²) in [5, 5.41) is 0. The van der Waals surface area contributed by atoms with E-state index in [9.17, 15) is 0 Å². The third-order valence-electron chi connectivity index (χ3n) is 2.97. The summed E-state index contributed by atoms with van der Waals surface area (Å²) in [5.41, 5.74) is 0. The molecule has 5 heteroatoms. The molecule has 0 aromatic heterocycles. The van der Waals surface area contributed by atoms with Gasteiger partial charge < -0.3 is 0 Å². The fourth-order valence-corrected chi connectivity index (χ4v) is 4.59. The summed E-state index contributed by atoms with van der Waals surface area (Å²) in [6.45, 7) is 3.87. The third kappa shape index (κ3) is 1.84. The lowest BCUT2D eigenvalue weighted by molar-refractivity contribution is 0.232. The lowest BCUT2D eigenvalue weighted by Crippen LogP contribution is -2.39. The van der Waals surface area contributed by atoms with Crippen molar-refractivity contribution < 1.29 is 0 Å². The van der Waals surface area contributed by atoms with Crippen molar-refractivity contribution in [3.63, 3.8) is 0 Å². The Morgan fingerprint density at radius 1 is 1.33 bits per heavy atom. The van der Waals surface area contributed by atoms with Gasteiger partial charge in [0.1, 0.15) is 0 Å². The van der Waals surface area contributed by atoms with E-state index in [0.717, 1.165) is 20.4 Å². The molecule has 0 aromatic rings. The quantitative estimate of drug-likeness (QED) is 0.621. The fourth-order valence-electron chi connectivity index (χ4n) is 2.37. The van der Waals surface area contributed by atoms with Crippen LogP contribution in [0.3, 0.4) is 0 Å². The van der Waals surface area contributed by atoms with E-state index < -0.39 is 0 Å². The molecule has 2 heterocycles. The standard InChI is InChI=1S/C7H17N2P3/c10-8-4-6-2-1-3-9(12-11)7(6)5-8/h6-7,12H,1-5,10-11H2. The summed E-state index contributed by atoms with van der Waals surface area (Å²) in [5.74, 6) is 0.948. The molecular weight excluding hydrogens is 205 g/mol. The summed E-state index contributed by atoms with van der Waals surface area (Å²) in [7, 11) is 6.65. The second-order valence-electron chi connectivity index (χ2n) is 3.75. The molecular formula is C7H17N2P3. The van der Waals surface area contributed by atoms with Crippen LogP contribution in [0.1, 0.15) is 12.8 Å². The predicted octanol–water partition coefficient (Wildman–Crippen LogP) is 1.56.